The fraction of sp³-hybridized carbons (Fsp3) is 0. The van der Waals surface area contributed by atoms with E-state index in [0.717, 1.165) is 0 Å². The number of anilines is 2. The third-order valence-corrected chi connectivity index (χ3v) is 2.29. The van der Waals surface area contributed by atoms with E-state index in [1.54, 1.807) is 18.3 Å². The first-order valence-corrected chi connectivity index (χ1v) is 5.02. The molecule has 0 fully saturated rings. The molecule has 6 nitrogen and oxygen atoms in total. The fourth-order valence-corrected chi connectivity index (χ4v) is 1.48. The number of nitro groups is 1. The molecule has 0 aromatic carbocycles. The number of pyridine rings is 2. The smallest absolute Gasteiger partial charge is 0.330 e. The van der Waals surface area contributed by atoms with Crippen LogP contribution in [0.25, 0.3) is 0 Å². The minimum absolute atomic E-state index is 0.0383. The Morgan fingerprint density at radius 3 is 2.82 bits per heavy atom. The molecule has 2 heterocycles. The van der Waals surface area contributed by atoms with Crippen LogP contribution in [-0.2, 0) is 0 Å². The maximum Gasteiger partial charge on any atom is 0.330 e. The minimum atomic E-state index is -0.575. The van der Waals surface area contributed by atoms with Gasteiger partial charge in [0.25, 0.3) is 0 Å². The molecule has 7 heteroatoms. The Bertz CT molecular complexity index is 547. The number of hydrogen-bond donors (Lipinski definition) is 1. The summed E-state index contributed by atoms with van der Waals surface area (Å²) in [5, 5.41) is 13.7. The summed E-state index contributed by atoms with van der Waals surface area (Å²) in [6, 6.07) is 4.80. The van der Waals surface area contributed by atoms with E-state index in [1.807, 2.05) is 0 Å². The molecule has 0 bridgehead atoms. The van der Waals surface area contributed by atoms with Gasteiger partial charge in [0.2, 0.25) is 5.82 Å². The van der Waals surface area contributed by atoms with Gasteiger partial charge in [0.05, 0.1) is 16.8 Å². The average molecular weight is 251 g/mol. The van der Waals surface area contributed by atoms with Crippen LogP contribution in [0.5, 0.6) is 0 Å². The van der Waals surface area contributed by atoms with Crippen molar-refractivity contribution in [3.8, 4) is 0 Å². The summed E-state index contributed by atoms with van der Waals surface area (Å²) in [5.74, 6) is 0.0931. The molecule has 0 unspecified atom stereocenters. The van der Waals surface area contributed by atoms with Crippen LogP contribution in [0, 0.1) is 10.1 Å². The summed E-state index contributed by atoms with van der Waals surface area (Å²) in [5.41, 5.74) is 0.350. The van der Waals surface area contributed by atoms with Crippen molar-refractivity contribution in [2.75, 3.05) is 5.32 Å². The van der Waals surface area contributed by atoms with Crippen molar-refractivity contribution >= 4 is 28.8 Å². The van der Waals surface area contributed by atoms with E-state index >= 15 is 0 Å². The molecule has 0 atom stereocenters. The Labute approximate surface area is 101 Å². The zero-order chi connectivity index (χ0) is 12.3. The summed E-state index contributed by atoms with van der Waals surface area (Å²) in [4.78, 5) is 18.1. The second-order valence-corrected chi connectivity index (χ2v) is 3.52. The van der Waals surface area contributed by atoms with Crippen LogP contribution in [0.1, 0.15) is 0 Å². The predicted molar refractivity (Wildman–Crippen MR) is 63.4 cm³/mol. The second-order valence-electron chi connectivity index (χ2n) is 3.11. The van der Waals surface area contributed by atoms with Crippen LogP contribution >= 0.6 is 11.6 Å². The lowest BCUT2D eigenvalue weighted by Gasteiger charge is -2.05. The van der Waals surface area contributed by atoms with E-state index in [0.29, 0.717) is 5.69 Å². The zero-order valence-electron chi connectivity index (χ0n) is 8.50. The van der Waals surface area contributed by atoms with Crippen molar-refractivity contribution in [3.63, 3.8) is 0 Å². The van der Waals surface area contributed by atoms with Crippen LogP contribution in [0.3, 0.4) is 0 Å². The van der Waals surface area contributed by atoms with Gasteiger partial charge in [0, 0.05) is 12.4 Å². The Morgan fingerprint density at radius 1 is 1.35 bits per heavy atom. The maximum atomic E-state index is 10.9. The van der Waals surface area contributed by atoms with E-state index in [4.69, 9.17) is 11.6 Å². The zero-order valence-corrected chi connectivity index (χ0v) is 9.26. The molecular weight excluding hydrogens is 244 g/mol. The summed E-state index contributed by atoms with van der Waals surface area (Å²) in [6.45, 7) is 0. The van der Waals surface area contributed by atoms with Crippen molar-refractivity contribution in [1.29, 1.82) is 0 Å². The molecule has 0 amide bonds. The van der Waals surface area contributed by atoms with Gasteiger partial charge < -0.3 is 5.32 Å². The largest absolute Gasteiger partial charge is 0.333 e. The van der Waals surface area contributed by atoms with Gasteiger partial charge in [0.15, 0.2) is 0 Å². The molecule has 2 rings (SSSR count). The number of nitrogens with one attached hydrogen (secondary N) is 1. The highest BCUT2D eigenvalue weighted by molar-refractivity contribution is 6.33. The lowest BCUT2D eigenvalue weighted by Crippen LogP contribution is -2.00. The lowest BCUT2D eigenvalue weighted by molar-refractivity contribution is -0.384. The molecule has 2 aromatic heterocycles. The van der Waals surface area contributed by atoms with Gasteiger partial charge in [-0.3, -0.25) is 15.1 Å². The highest BCUT2D eigenvalue weighted by atomic mass is 35.5. The van der Waals surface area contributed by atoms with E-state index in [2.05, 4.69) is 15.3 Å². The van der Waals surface area contributed by atoms with Gasteiger partial charge in [-0.15, -0.1) is 0 Å². The fourth-order valence-electron chi connectivity index (χ4n) is 1.27. The van der Waals surface area contributed by atoms with Crippen molar-refractivity contribution in [2.24, 2.45) is 0 Å². The maximum absolute atomic E-state index is 10.9. The first kappa shape index (κ1) is 11.3. The molecular formula is C10H7ClN4O2. The molecule has 2 aromatic rings. The van der Waals surface area contributed by atoms with Gasteiger partial charge in [-0.1, -0.05) is 11.6 Å². The Balaban J connectivity index is 2.40. The highest BCUT2D eigenvalue weighted by Crippen LogP contribution is 2.31. The summed E-state index contributed by atoms with van der Waals surface area (Å²) in [6.07, 6.45) is 4.53. The molecule has 0 aliphatic carbocycles. The quantitative estimate of drug-likeness (QED) is 0.669. The van der Waals surface area contributed by atoms with Crippen molar-refractivity contribution in [1.82, 2.24) is 9.97 Å². The first-order valence-electron chi connectivity index (χ1n) is 4.64. The third-order valence-electron chi connectivity index (χ3n) is 1.98. The van der Waals surface area contributed by atoms with Gasteiger partial charge in [-0.05, 0) is 18.2 Å². The number of halogens is 1. The molecule has 0 aliphatic rings. The van der Waals surface area contributed by atoms with Gasteiger partial charge in [-0.25, -0.2) is 4.98 Å². The minimum Gasteiger partial charge on any atom is -0.333 e. The van der Waals surface area contributed by atoms with Gasteiger partial charge in [-0.2, -0.15) is 0 Å². The van der Waals surface area contributed by atoms with Crippen LogP contribution in [0.4, 0.5) is 17.2 Å². The normalized spacial score (nSPS) is 9.94. The van der Waals surface area contributed by atoms with E-state index in [9.17, 15) is 10.1 Å². The third kappa shape index (κ3) is 2.48. The summed E-state index contributed by atoms with van der Waals surface area (Å²) in [7, 11) is 0. The molecule has 17 heavy (non-hydrogen) atoms. The van der Waals surface area contributed by atoms with Crippen molar-refractivity contribution in [3.05, 3.63) is 51.9 Å². The van der Waals surface area contributed by atoms with Crippen molar-refractivity contribution in [2.45, 2.75) is 0 Å². The molecule has 0 saturated carbocycles. The number of nitrogens with zero attached hydrogens (tertiary/aromatic N) is 3. The Morgan fingerprint density at radius 2 is 2.18 bits per heavy atom. The molecule has 86 valence electrons. The summed E-state index contributed by atoms with van der Waals surface area (Å²) >= 11 is 5.75. The molecule has 1 N–H and O–H groups in total. The standard InChI is InChI=1S/C10H7ClN4O2/c11-8-3-5-13-10(9(8)15(16)17)14-7-2-1-4-12-6-7/h1-6H,(H,13,14). The average Bonchev–Trinajstić information content (AvgIpc) is 2.30. The van der Waals surface area contributed by atoms with Crippen LogP contribution in [-0.4, -0.2) is 14.9 Å². The number of hydrogen-bond acceptors (Lipinski definition) is 5. The molecule has 0 saturated heterocycles. The van der Waals surface area contributed by atoms with Gasteiger partial charge in [0.1, 0.15) is 5.02 Å². The molecule has 0 spiro atoms. The second kappa shape index (κ2) is 4.75. The van der Waals surface area contributed by atoms with E-state index in [1.165, 1.54) is 18.5 Å². The molecule has 0 aliphatic heterocycles. The lowest BCUT2D eigenvalue weighted by atomic mass is 10.3. The predicted octanol–water partition coefficient (Wildman–Crippen LogP) is 2.78. The van der Waals surface area contributed by atoms with Gasteiger partial charge >= 0.3 is 5.69 Å². The monoisotopic (exact) mass is 250 g/mol. The van der Waals surface area contributed by atoms with Crippen LogP contribution < -0.4 is 5.32 Å². The van der Waals surface area contributed by atoms with Crippen LogP contribution in [0.2, 0.25) is 5.02 Å². The van der Waals surface area contributed by atoms with Crippen LogP contribution in [0.15, 0.2) is 36.8 Å². The topological polar surface area (TPSA) is 81.0 Å². The first-order chi connectivity index (χ1) is 8.18. The highest BCUT2D eigenvalue weighted by Gasteiger charge is 2.19. The Hall–Kier alpha value is -2.21. The SMILES string of the molecule is O=[N+]([O-])c1c(Cl)ccnc1Nc1cccnc1. The Kier molecular flexibility index (Phi) is 3.15. The summed E-state index contributed by atoms with van der Waals surface area (Å²) < 4.78 is 0. The number of rotatable bonds is 3. The van der Waals surface area contributed by atoms with E-state index < -0.39 is 4.92 Å². The number of aromatic nitrogens is 2. The molecule has 0 radical (unpaired) electrons. The van der Waals surface area contributed by atoms with Crippen molar-refractivity contribution < 1.29 is 4.92 Å². The van der Waals surface area contributed by atoms with E-state index in [-0.39, 0.29) is 16.5 Å².